The van der Waals surface area contributed by atoms with Crippen LogP contribution in [0.1, 0.15) is 39.0 Å². The zero-order valence-corrected chi connectivity index (χ0v) is 18.8. The second-order valence-electron chi connectivity index (χ2n) is 7.33. The maximum atomic E-state index is 4.50. The number of hydrogen-bond donors (Lipinski definition) is 0. The van der Waals surface area contributed by atoms with Gasteiger partial charge in [0.1, 0.15) is 0 Å². The van der Waals surface area contributed by atoms with E-state index in [1.165, 1.54) is 44.3 Å². The molecule has 0 atom stereocenters. The Hall–Kier alpha value is -2.17. The first-order chi connectivity index (χ1) is 13.8. The molecule has 144 valence electrons. The van der Waals surface area contributed by atoms with Gasteiger partial charge in [-0.3, -0.25) is 0 Å². The van der Waals surface area contributed by atoms with Crippen LogP contribution in [0.25, 0.3) is 0 Å². The molecule has 0 spiro atoms. The molecule has 0 saturated heterocycles. The van der Waals surface area contributed by atoms with Crippen LogP contribution in [0.2, 0.25) is 0 Å². The molecule has 0 aliphatic heterocycles. The first kappa shape index (κ1) is 20.6. The Bertz CT molecular complexity index is 805. The summed E-state index contributed by atoms with van der Waals surface area (Å²) in [5.41, 5.74) is 1.29. The molecule has 0 aliphatic rings. The first-order valence-electron chi connectivity index (χ1n) is 10.4. The van der Waals surface area contributed by atoms with E-state index in [1.54, 1.807) is 0 Å². The van der Waals surface area contributed by atoms with Crippen LogP contribution in [0.5, 0.6) is 0 Å². The summed E-state index contributed by atoms with van der Waals surface area (Å²) in [6.45, 7) is 6.77. The Morgan fingerprint density at radius 1 is 0.679 bits per heavy atom. The number of benzene rings is 3. The molecule has 0 amide bonds. The van der Waals surface area contributed by atoms with Gasteiger partial charge in [0, 0.05) is 0 Å². The van der Waals surface area contributed by atoms with Crippen molar-refractivity contribution < 1.29 is 0 Å². The van der Waals surface area contributed by atoms with Gasteiger partial charge in [-0.25, -0.2) is 0 Å². The minimum absolute atomic E-state index is 1.09. The van der Waals surface area contributed by atoms with Crippen molar-refractivity contribution in [3.8, 4) is 0 Å². The fraction of sp³-hybridized carbons (Fsp3) is 0.222. The van der Waals surface area contributed by atoms with Crippen molar-refractivity contribution in [1.82, 2.24) is 0 Å². The molecule has 1 heteroatoms. The van der Waals surface area contributed by atoms with E-state index < -0.39 is 13.1 Å². The molecule has 3 aromatic carbocycles. The van der Waals surface area contributed by atoms with Gasteiger partial charge in [0.05, 0.1) is 0 Å². The van der Waals surface area contributed by atoms with Gasteiger partial charge >= 0.3 is 173 Å². The Labute approximate surface area is 172 Å². The van der Waals surface area contributed by atoms with E-state index in [1.807, 2.05) is 0 Å². The van der Waals surface area contributed by atoms with Crippen LogP contribution in [0.4, 0.5) is 0 Å². The SMILES string of the molecule is C=C(C=[As](c1ccccc1)(c1ccccc1)c1ccccc1)CCCCCC. The molecule has 0 radical (unpaired) electrons. The van der Waals surface area contributed by atoms with E-state index >= 15 is 0 Å². The summed E-state index contributed by atoms with van der Waals surface area (Å²) >= 11 is -2.74. The van der Waals surface area contributed by atoms with Gasteiger partial charge in [-0.1, -0.05) is 0 Å². The zero-order chi connectivity index (χ0) is 19.7. The average molecular weight is 430 g/mol. The van der Waals surface area contributed by atoms with Crippen LogP contribution in [-0.2, 0) is 0 Å². The Morgan fingerprint density at radius 2 is 1.11 bits per heavy atom. The second-order valence-corrected chi connectivity index (χ2v) is 14.2. The van der Waals surface area contributed by atoms with Crippen LogP contribution < -0.4 is 13.1 Å². The molecular formula is C27H31As. The van der Waals surface area contributed by atoms with Crippen molar-refractivity contribution in [3.05, 3.63) is 103 Å². The van der Waals surface area contributed by atoms with Crippen molar-refractivity contribution in [3.63, 3.8) is 0 Å². The molecule has 0 bridgehead atoms. The van der Waals surface area contributed by atoms with Crippen LogP contribution in [-0.4, -0.2) is 17.9 Å². The van der Waals surface area contributed by atoms with Crippen molar-refractivity contribution in [1.29, 1.82) is 0 Å². The van der Waals surface area contributed by atoms with E-state index in [0.717, 1.165) is 6.42 Å². The third-order valence-corrected chi connectivity index (χ3v) is 13.8. The third-order valence-electron chi connectivity index (χ3n) is 5.22. The van der Waals surface area contributed by atoms with E-state index in [2.05, 4.69) is 109 Å². The van der Waals surface area contributed by atoms with Crippen LogP contribution in [0.15, 0.2) is 103 Å². The number of allylic oxidation sites excluding steroid dienone is 1. The standard InChI is InChI=1S/C27H31As/c1-3-4-5-9-16-24(2)23-28(25-17-10-6-11-18-25,26-19-12-7-13-20-26)27-21-14-8-15-22-27/h6-8,10-15,17-23H,2-5,9,16H2,1H3. The quantitative estimate of drug-likeness (QED) is 0.329. The predicted octanol–water partition coefficient (Wildman–Crippen LogP) is 5.07. The molecule has 0 aliphatic carbocycles. The Morgan fingerprint density at radius 3 is 1.50 bits per heavy atom. The summed E-state index contributed by atoms with van der Waals surface area (Å²) in [4.78, 5) is 2.57. The van der Waals surface area contributed by atoms with E-state index in [9.17, 15) is 0 Å². The molecule has 3 aromatic rings. The summed E-state index contributed by atoms with van der Waals surface area (Å²) in [5, 5.41) is 0. The van der Waals surface area contributed by atoms with Gasteiger partial charge in [-0.05, 0) is 0 Å². The van der Waals surface area contributed by atoms with Crippen LogP contribution >= 0.6 is 0 Å². The monoisotopic (exact) mass is 430 g/mol. The zero-order valence-electron chi connectivity index (χ0n) is 16.9. The van der Waals surface area contributed by atoms with Gasteiger partial charge < -0.3 is 0 Å². The topological polar surface area (TPSA) is 0 Å². The van der Waals surface area contributed by atoms with Gasteiger partial charge in [0.2, 0.25) is 0 Å². The predicted molar refractivity (Wildman–Crippen MR) is 128 cm³/mol. The summed E-state index contributed by atoms with van der Waals surface area (Å²) in [6, 6.07) is 33.3. The molecule has 0 nitrogen and oxygen atoms in total. The molecule has 3 rings (SSSR count). The Kier molecular flexibility index (Phi) is 7.63. The number of hydrogen-bond acceptors (Lipinski definition) is 0. The number of unbranched alkanes of at least 4 members (excludes halogenated alkanes) is 3. The Balaban J connectivity index is 2.17. The van der Waals surface area contributed by atoms with Crippen molar-refractivity contribution in [2.45, 2.75) is 39.0 Å². The molecule has 0 heterocycles. The van der Waals surface area contributed by atoms with E-state index in [4.69, 9.17) is 0 Å². The van der Waals surface area contributed by atoms with Gasteiger partial charge in [0.25, 0.3) is 0 Å². The molecule has 0 unspecified atom stereocenters. The fourth-order valence-electron chi connectivity index (χ4n) is 3.78. The summed E-state index contributed by atoms with van der Waals surface area (Å²) in [5.74, 6) is 0. The van der Waals surface area contributed by atoms with Gasteiger partial charge in [-0.15, -0.1) is 0 Å². The molecular weight excluding hydrogens is 399 g/mol. The molecule has 28 heavy (non-hydrogen) atoms. The molecule has 0 aromatic heterocycles. The van der Waals surface area contributed by atoms with Gasteiger partial charge in [0.15, 0.2) is 0 Å². The fourth-order valence-corrected chi connectivity index (χ4v) is 12.1. The maximum absolute atomic E-state index is 4.50. The molecule has 0 saturated carbocycles. The van der Waals surface area contributed by atoms with Crippen molar-refractivity contribution >= 4 is 31.0 Å². The average Bonchev–Trinajstić information content (AvgIpc) is 2.77. The summed E-state index contributed by atoms with van der Waals surface area (Å²) in [6.07, 6.45) is 6.21. The molecule has 0 fully saturated rings. The summed E-state index contributed by atoms with van der Waals surface area (Å²) in [7, 11) is 0. The first-order valence-corrected chi connectivity index (χ1v) is 14.3. The molecule has 0 N–H and O–H groups in total. The van der Waals surface area contributed by atoms with Crippen LogP contribution in [0.3, 0.4) is 0 Å². The normalized spacial score (nSPS) is 11.2. The second kappa shape index (κ2) is 10.4. The van der Waals surface area contributed by atoms with E-state index in [-0.39, 0.29) is 0 Å². The third kappa shape index (κ3) is 4.81. The van der Waals surface area contributed by atoms with Crippen LogP contribution in [0, 0.1) is 0 Å². The summed E-state index contributed by atoms with van der Waals surface area (Å²) < 4.78 is 4.35. The van der Waals surface area contributed by atoms with E-state index in [0.29, 0.717) is 0 Å². The van der Waals surface area contributed by atoms with Gasteiger partial charge in [-0.2, -0.15) is 0 Å². The minimum atomic E-state index is -2.74. The van der Waals surface area contributed by atoms with Crippen molar-refractivity contribution in [2.24, 2.45) is 0 Å². The van der Waals surface area contributed by atoms with Crippen molar-refractivity contribution in [2.75, 3.05) is 0 Å². The number of rotatable bonds is 9.